The van der Waals surface area contributed by atoms with Gasteiger partial charge in [0.15, 0.2) is 0 Å². The SMILES string of the molecule is Cc1ccc(C(OCCc2cccs2)C(C)N)s1. The molecule has 2 unspecified atom stereocenters. The molecule has 2 aromatic heterocycles. The van der Waals surface area contributed by atoms with E-state index in [2.05, 4.69) is 36.6 Å². The second-order valence-corrected chi connectivity index (χ2v) is 6.78. The number of ether oxygens (including phenoxy) is 1. The standard InChI is InChI=1S/C14H19NOS2/c1-10-5-6-13(18-10)14(11(2)15)16-8-7-12-4-3-9-17-12/h3-6,9,11,14H,7-8,15H2,1-2H3. The maximum absolute atomic E-state index is 6.02. The molecule has 2 aromatic rings. The summed E-state index contributed by atoms with van der Waals surface area (Å²) in [5.74, 6) is 0. The van der Waals surface area contributed by atoms with E-state index in [0.29, 0.717) is 0 Å². The average Bonchev–Trinajstić information content (AvgIpc) is 2.95. The van der Waals surface area contributed by atoms with Crippen LogP contribution in [0.3, 0.4) is 0 Å². The van der Waals surface area contributed by atoms with Crippen LogP contribution in [0.4, 0.5) is 0 Å². The van der Waals surface area contributed by atoms with Crippen LogP contribution in [0.1, 0.15) is 27.7 Å². The summed E-state index contributed by atoms with van der Waals surface area (Å²) in [5, 5.41) is 2.10. The molecule has 0 radical (unpaired) electrons. The third-order valence-corrected chi connectivity index (χ3v) is 4.74. The van der Waals surface area contributed by atoms with Gasteiger partial charge < -0.3 is 10.5 Å². The third kappa shape index (κ3) is 3.65. The van der Waals surface area contributed by atoms with Gasteiger partial charge in [-0.1, -0.05) is 6.07 Å². The molecule has 2 heterocycles. The molecule has 98 valence electrons. The Labute approximate surface area is 116 Å². The number of hydrogen-bond acceptors (Lipinski definition) is 4. The highest BCUT2D eigenvalue weighted by Gasteiger charge is 2.18. The van der Waals surface area contributed by atoms with Gasteiger partial charge in [0.05, 0.1) is 6.61 Å². The predicted molar refractivity (Wildman–Crippen MR) is 79.4 cm³/mol. The summed E-state index contributed by atoms with van der Waals surface area (Å²) in [5.41, 5.74) is 6.02. The molecule has 0 amide bonds. The van der Waals surface area contributed by atoms with Crippen LogP contribution in [-0.2, 0) is 11.2 Å². The first-order valence-corrected chi connectivity index (χ1v) is 7.82. The van der Waals surface area contributed by atoms with E-state index in [-0.39, 0.29) is 12.1 Å². The molecule has 0 saturated carbocycles. The van der Waals surface area contributed by atoms with Crippen molar-refractivity contribution in [1.82, 2.24) is 0 Å². The lowest BCUT2D eigenvalue weighted by molar-refractivity contribution is 0.0431. The van der Waals surface area contributed by atoms with E-state index in [1.165, 1.54) is 14.6 Å². The van der Waals surface area contributed by atoms with Crippen molar-refractivity contribution in [2.45, 2.75) is 32.4 Å². The maximum atomic E-state index is 6.02. The van der Waals surface area contributed by atoms with Crippen LogP contribution in [-0.4, -0.2) is 12.6 Å². The monoisotopic (exact) mass is 281 g/mol. The van der Waals surface area contributed by atoms with E-state index in [1.807, 2.05) is 6.92 Å². The first-order valence-electron chi connectivity index (χ1n) is 6.12. The Morgan fingerprint density at radius 2 is 2.17 bits per heavy atom. The fourth-order valence-corrected chi connectivity index (χ4v) is 3.57. The molecule has 0 aliphatic heterocycles. The number of hydrogen-bond donors (Lipinski definition) is 1. The summed E-state index contributed by atoms with van der Waals surface area (Å²) >= 11 is 3.54. The summed E-state index contributed by atoms with van der Waals surface area (Å²) < 4.78 is 5.97. The highest BCUT2D eigenvalue weighted by molar-refractivity contribution is 7.12. The van der Waals surface area contributed by atoms with Crippen LogP contribution in [0.15, 0.2) is 29.6 Å². The van der Waals surface area contributed by atoms with Crippen LogP contribution in [0, 0.1) is 6.92 Å². The minimum absolute atomic E-state index is 0.0173. The van der Waals surface area contributed by atoms with Crippen molar-refractivity contribution in [3.8, 4) is 0 Å². The van der Waals surface area contributed by atoms with Gasteiger partial charge in [0.1, 0.15) is 6.10 Å². The molecule has 2 nitrogen and oxygen atoms in total. The van der Waals surface area contributed by atoms with Crippen molar-refractivity contribution in [3.05, 3.63) is 44.3 Å². The molecule has 2 rings (SSSR count). The van der Waals surface area contributed by atoms with Gasteiger partial charge in [0.2, 0.25) is 0 Å². The number of nitrogens with two attached hydrogens (primary N) is 1. The predicted octanol–water partition coefficient (Wildman–Crippen LogP) is 3.77. The van der Waals surface area contributed by atoms with E-state index in [0.717, 1.165) is 13.0 Å². The van der Waals surface area contributed by atoms with Crippen LogP contribution in [0.25, 0.3) is 0 Å². The molecule has 0 spiro atoms. The van der Waals surface area contributed by atoms with Gasteiger partial charge in [0, 0.05) is 27.1 Å². The number of thiophene rings is 2. The topological polar surface area (TPSA) is 35.2 Å². The van der Waals surface area contributed by atoms with Crippen molar-refractivity contribution in [2.75, 3.05) is 6.61 Å². The third-order valence-electron chi connectivity index (χ3n) is 2.75. The molecule has 0 saturated heterocycles. The fourth-order valence-electron chi connectivity index (χ4n) is 1.84. The fraction of sp³-hybridized carbons (Fsp3) is 0.429. The van der Waals surface area contributed by atoms with Gasteiger partial charge in [0.25, 0.3) is 0 Å². The van der Waals surface area contributed by atoms with E-state index >= 15 is 0 Å². The molecule has 0 bridgehead atoms. The molecule has 0 aliphatic rings. The molecule has 0 fully saturated rings. The Morgan fingerprint density at radius 1 is 1.33 bits per heavy atom. The van der Waals surface area contributed by atoms with Crippen molar-refractivity contribution in [1.29, 1.82) is 0 Å². The molecule has 18 heavy (non-hydrogen) atoms. The van der Waals surface area contributed by atoms with Crippen molar-refractivity contribution < 1.29 is 4.74 Å². The largest absolute Gasteiger partial charge is 0.371 e. The van der Waals surface area contributed by atoms with E-state index in [4.69, 9.17) is 10.5 Å². The first-order chi connectivity index (χ1) is 8.66. The highest BCUT2D eigenvalue weighted by atomic mass is 32.1. The van der Waals surface area contributed by atoms with E-state index < -0.39 is 0 Å². The van der Waals surface area contributed by atoms with Crippen molar-refractivity contribution in [3.63, 3.8) is 0 Å². The van der Waals surface area contributed by atoms with Crippen LogP contribution in [0.2, 0.25) is 0 Å². The van der Waals surface area contributed by atoms with E-state index in [9.17, 15) is 0 Å². The summed E-state index contributed by atoms with van der Waals surface area (Å²) in [6.45, 7) is 4.84. The van der Waals surface area contributed by atoms with Gasteiger partial charge in [-0.15, -0.1) is 22.7 Å². The van der Waals surface area contributed by atoms with Crippen LogP contribution >= 0.6 is 22.7 Å². The van der Waals surface area contributed by atoms with Crippen molar-refractivity contribution in [2.24, 2.45) is 5.73 Å². The minimum Gasteiger partial charge on any atom is -0.371 e. The lowest BCUT2D eigenvalue weighted by atomic mass is 10.1. The molecule has 4 heteroatoms. The number of rotatable bonds is 6. The Bertz CT molecular complexity index is 462. The quantitative estimate of drug-likeness (QED) is 0.875. The van der Waals surface area contributed by atoms with E-state index in [1.54, 1.807) is 22.7 Å². The highest BCUT2D eigenvalue weighted by Crippen LogP contribution is 2.27. The smallest absolute Gasteiger partial charge is 0.106 e. The summed E-state index contributed by atoms with van der Waals surface area (Å²) in [4.78, 5) is 3.90. The normalized spacial score (nSPS) is 14.6. The zero-order valence-electron chi connectivity index (χ0n) is 10.8. The van der Waals surface area contributed by atoms with Crippen LogP contribution < -0.4 is 5.73 Å². The zero-order chi connectivity index (χ0) is 13.0. The van der Waals surface area contributed by atoms with Crippen LogP contribution in [0.5, 0.6) is 0 Å². The maximum Gasteiger partial charge on any atom is 0.106 e. The lowest BCUT2D eigenvalue weighted by Gasteiger charge is -2.20. The first kappa shape index (κ1) is 13.7. The van der Waals surface area contributed by atoms with Gasteiger partial charge >= 0.3 is 0 Å². The Morgan fingerprint density at radius 3 is 2.72 bits per heavy atom. The molecular weight excluding hydrogens is 262 g/mol. The Hall–Kier alpha value is -0.680. The second-order valence-electron chi connectivity index (χ2n) is 4.43. The zero-order valence-corrected chi connectivity index (χ0v) is 12.4. The Balaban J connectivity index is 1.91. The minimum atomic E-state index is 0.0173. The van der Waals surface area contributed by atoms with Gasteiger partial charge in [-0.25, -0.2) is 0 Å². The summed E-state index contributed by atoms with van der Waals surface area (Å²) in [6, 6.07) is 8.49. The van der Waals surface area contributed by atoms with Crippen molar-refractivity contribution >= 4 is 22.7 Å². The van der Waals surface area contributed by atoms with Gasteiger partial charge in [-0.05, 0) is 37.4 Å². The van der Waals surface area contributed by atoms with Gasteiger partial charge in [-0.2, -0.15) is 0 Å². The summed E-state index contributed by atoms with van der Waals surface area (Å²) in [6.07, 6.45) is 0.981. The second kappa shape index (κ2) is 6.48. The Kier molecular flexibility index (Phi) is 4.95. The van der Waals surface area contributed by atoms with Gasteiger partial charge in [-0.3, -0.25) is 0 Å². The molecular formula is C14H19NOS2. The molecule has 2 atom stereocenters. The summed E-state index contributed by atoms with van der Waals surface area (Å²) in [7, 11) is 0. The molecule has 0 aliphatic carbocycles. The lowest BCUT2D eigenvalue weighted by Crippen LogP contribution is -2.26. The average molecular weight is 281 g/mol. The molecule has 2 N–H and O–H groups in total. The number of aryl methyl sites for hydroxylation is 1. The molecule has 0 aromatic carbocycles.